The van der Waals surface area contributed by atoms with E-state index in [1.807, 2.05) is 46.3 Å². The molecule has 24 nitrogen and oxygen atoms in total. The maximum Gasteiger partial charge on any atom is 0.239 e. The number of anilines is 5. The Hall–Kier alpha value is 20.4. The van der Waals surface area contributed by atoms with E-state index < -0.39 is 20.0 Å². The molecule has 4 fully saturated rings. The number of halogens is 1. The Morgan fingerprint density at radius 2 is 0.719 bits per heavy atom. The number of aryl methyl sites for hydroxylation is 2. The van der Waals surface area contributed by atoms with Crippen LogP contribution in [0.3, 0.4) is 0 Å². The van der Waals surface area contributed by atoms with Gasteiger partial charge in [-0.3, -0.25) is 4.72 Å². The summed E-state index contributed by atoms with van der Waals surface area (Å²) in [5.74, 6) is 3.83. The minimum Gasteiger partial charge on any atom is -0.378 e. The van der Waals surface area contributed by atoms with Gasteiger partial charge in [-0.1, -0.05) is 32.2 Å². The van der Waals surface area contributed by atoms with Gasteiger partial charge in [-0.2, -0.15) is 29.2 Å². The highest BCUT2D eigenvalue weighted by molar-refractivity contribution is 9.47. The number of nitrogens with zero attached hydrogens (tertiary/aromatic N) is 14. The second-order valence-corrected chi connectivity index (χ2v) is 288. The number of piperidine rings is 2. The molecule has 2 aromatic carbocycles. The Morgan fingerprint density at radius 3 is 1.04 bits per heavy atom. The molecule has 42 unspecified atom stereocenters. The lowest BCUT2D eigenvalue weighted by Gasteiger charge is -2.53. The number of hydrogen-bond acceptors (Lipinski definition) is 20. The lowest BCUT2D eigenvalue weighted by Crippen LogP contribution is -2.39. The number of ether oxygens (including phenoxy) is 4. The zero-order valence-electron chi connectivity index (χ0n) is 79.7. The summed E-state index contributed by atoms with van der Waals surface area (Å²) >= 11 is 6.43. The van der Waals surface area contributed by atoms with Crippen LogP contribution < -0.4 is 29.5 Å². The summed E-state index contributed by atoms with van der Waals surface area (Å²) in [4.78, 5) is 38.1. The average molecular weight is 3210 g/mol. The highest BCUT2D eigenvalue weighted by atomic mass is 35.5. The largest absolute Gasteiger partial charge is 0.378 e. The van der Waals surface area contributed by atoms with Crippen molar-refractivity contribution in [3.05, 3.63) is 98.8 Å². The van der Waals surface area contributed by atoms with Crippen LogP contribution in [-0.2, 0) is 65.0 Å². The minimum absolute atomic E-state index is 0.0135. The number of nitrogens with one attached hydrogen (secondary N) is 1. The second-order valence-electron chi connectivity index (χ2n) is 31.7. The van der Waals surface area contributed by atoms with Gasteiger partial charge in [-0.05, 0) is 290 Å². The van der Waals surface area contributed by atoms with Crippen LogP contribution in [0.1, 0.15) is 95.6 Å². The zero-order valence-corrected chi connectivity index (χ0v) is 147. The van der Waals surface area contributed by atoms with E-state index >= 15 is 0 Å². The summed E-state index contributed by atoms with van der Waals surface area (Å²) in [5.41, 5.74) is 11.9. The van der Waals surface area contributed by atoms with Crippen LogP contribution in [0.15, 0.2) is 48.5 Å². The number of fused-ring (bicyclic) bond motifs is 6. The van der Waals surface area contributed by atoms with Crippen molar-refractivity contribution >= 4 is 599 Å². The molecule has 90 heteroatoms. The Kier molecular flexibility index (Phi) is 74.1. The molecule has 6 aliphatic heterocycles. The number of rotatable bonds is 36. The molecule has 14 rings (SSSR count). The van der Waals surface area contributed by atoms with Crippen LogP contribution in [-0.4, -0.2) is 157 Å². The third-order valence-electron chi connectivity index (χ3n) is 21.2. The molecule has 0 radical (unpaired) electrons. The summed E-state index contributed by atoms with van der Waals surface area (Å²) in [7, 11) is 103. The minimum atomic E-state index is -3.55. The van der Waals surface area contributed by atoms with Crippen molar-refractivity contribution in [3.8, 4) is 0 Å². The first-order valence-electron chi connectivity index (χ1n) is 42.5. The number of primary sulfonamides is 1. The molecule has 12 heterocycles. The van der Waals surface area contributed by atoms with Crippen molar-refractivity contribution in [1.82, 2.24) is 49.1 Å². The summed E-state index contributed by atoms with van der Waals surface area (Å²) in [6, 6.07) is 16.3. The van der Waals surface area contributed by atoms with Crippen LogP contribution >= 0.6 is 517 Å². The smallest absolute Gasteiger partial charge is 0.239 e. The van der Waals surface area contributed by atoms with Gasteiger partial charge in [0.05, 0.1) is 111 Å². The molecule has 42 atom stereocenters. The van der Waals surface area contributed by atoms with E-state index in [-0.39, 0.29) is 226 Å². The lowest BCUT2D eigenvalue weighted by atomic mass is 9.98. The quantitative estimate of drug-likeness (QED) is 0.0273. The van der Waals surface area contributed by atoms with Gasteiger partial charge in [0.25, 0.3) is 0 Å². The molecule has 6 aliphatic rings. The SMILES string of the molecule is CS(N)(=O)=O.Cc1cccc2nc(Cl)nc(N3CCCCC3c3cc4nc5c(c(N6CCOCC6)n4n3)COCC5)c12.Cc1cccc2nc(NS(C)(=O)=O)nc(N3CCCCC3c3cc4nc5c(c(N6CCOCC6)n4n3)COCC5)c12.PP(P)P(P)P(P(P)P)P(P(P(P)P)P(P)P)P(P(P(P)P)P(P)P)P(P(P)P)P(P)P.PPP(P)P(P(P)P)P(P(P(P)P)P(P)P)P(P(P(P)P)P(P)P)P(P(P)P)P(P)P. The first-order chi connectivity index (χ1) is 68.6. The highest BCUT2D eigenvalue weighted by Gasteiger charge is 2.54. The van der Waals surface area contributed by atoms with Gasteiger partial charge in [0.2, 0.25) is 31.3 Å². The van der Waals surface area contributed by atoms with Crippen LogP contribution in [0.4, 0.5) is 29.2 Å². The number of aromatic nitrogens is 10. The molecular formula is C56H136ClN16O8P63S2. The normalized spacial score (nSPS) is 18.5. The van der Waals surface area contributed by atoms with Crippen molar-refractivity contribution in [3.63, 3.8) is 0 Å². The fourth-order valence-corrected chi connectivity index (χ4v) is 838. The van der Waals surface area contributed by atoms with Gasteiger partial charge in [-0.15, -0.1) is 295 Å². The maximum absolute atomic E-state index is 12.1. The van der Waals surface area contributed by atoms with E-state index in [1.54, 1.807) is 0 Å². The molecular weight excluding hydrogens is 3080 g/mol. The third kappa shape index (κ3) is 43.0. The standard InChI is InChI=1S/C28H34N8O4S.C27H30ClN7O2.CH5NO2S.H34P32.H33P31/c1-18-6-5-7-21-25(18)26(31-28(30-21)33-41(2,37)38)35-10-4-3-8-23(35)22-16-24-29-20-9-13-40-17-19(20)27(36(24)32-22)34-11-14-39-15-12-34;1-17-5-4-6-20-24(17)25(31-27(28)30-20)34-9-3-2-7-22(34)21-15-23-29-19-8-12-37-16-18(19)26(35(23)32-21)33-10-13-36-14-11-33;1-5(2,3)4;1-18(2)26(17)30(25(15)16)32(29(23(11)12)24(13)14)31(27(19(3)4)20(5)6)28(21(7)8)22(9)10;1-17-25(16)29(24(14)15)31(28(22(10)11)23(12)13)30(26(18(2)3)19(4)5)27(20(6)7)21(8)9/h5-7,16,23H,3-4,8-15,17H2,1-2H3,(H,30,31,33);4-6,15,22H,2-3,7-14,16H2,1H3;1H3,(H2,2,3,4);1-17H2;17H,1-16H2. The average Bonchev–Trinajstić information content (AvgIpc) is 1.59. The van der Waals surface area contributed by atoms with Crippen LogP contribution in [0.2, 0.25) is 5.28 Å². The number of nitrogens with two attached hydrogens (primary N) is 1. The van der Waals surface area contributed by atoms with Crippen molar-refractivity contribution < 1.29 is 35.8 Å². The number of sulfonamides is 2. The molecule has 0 bridgehead atoms. The number of benzene rings is 2. The van der Waals surface area contributed by atoms with E-state index in [1.165, 1.54) is 0 Å². The molecule has 4 saturated heterocycles. The van der Waals surface area contributed by atoms with Gasteiger partial charge < -0.3 is 38.5 Å². The molecule has 822 valence electrons. The van der Waals surface area contributed by atoms with Gasteiger partial charge in [-0.25, -0.2) is 41.9 Å². The molecule has 3 N–H and O–H groups in total. The van der Waals surface area contributed by atoms with E-state index in [0.29, 0.717) is 58.4 Å². The fourth-order valence-electron chi connectivity index (χ4n) is 15.7. The topological polar surface area (TPSA) is 268 Å². The zero-order chi connectivity index (χ0) is 108. The second kappa shape index (κ2) is 73.1. The van der Waals surface area contributed by atoms with Crippen molar-refractivity contribution in [2.24, 2.45) is 5.14 Å². The maximum atomic E-state index is 12.1. The Labute approximate surface area is 982 Å². The van der Waals surface area contributed by atoms with Crippen LogP contribution in [0.5, 0.6) is 0 Å². The lowest BCUT2D eigenvalue weighted by molar-refractivity contribution is 0.106. The third-order valence-corrected chi connectivity index (χ3v) is 441. The van der Waals surface area contributed by atoms with Gasteiger partial charge in [0, 0.05) is 86.1 Å². The van der Waals surface area contributed by atoms with E-state index in [0.717, 1.165) is 207 Å². The summed E-state index contributed by atoms with van der Waals surface area (Å²) in [6.07, 6.45) is 9.83. The highest BCUT2D eigenvalue weighted by Crippen LogP contribution is 3.41. The Bertz CT molecular complexity index is 5690. The molecule has 0 spiro atoms. The molecule has 146 heavy (non-hydrogen) atoms. The molecule has 8 aromatic rings. The van der Waals surface area contributed by atoms with Crippen molar-refractivity contribution in [1.29, 1.82) is 0 Å². The predicted molar refractivity (Wildman–Crippen MR) is 847 cm³/mol. The summed E-state index contributed by atoms with van der Waals surface area (Å²) in [6.45, 7) is 13.7. The van der Waals surface area contributed by atoms with Crippen molar-refractivity contribution in [2.45, 2.75) is 90.5 Å². The van der Waals surface area contributed by atoms with E-state index in [9.17, 15) is 16.8 Å². The van der Waals surface area contributed by atoms with Gasteiger partial charge >= 0.3 is 0 Å². The molecule has 0 saturated carbocycles. The Morgan fingerprint density at radius 1 is 0.397 bits per heavy atom. The Balaban J connectivity index is 0.000000198. The van der Waals surface area contributed by atoms with Crippen LogP contribution in [0, 0.1) is 13.8 Å². The molecule has 0 aliphatic carbocycles. The van der Waals surface area contributed by atoms with Crippen LogP contribution in [0.25, 0.3) is 33.1 Å². The van der Waals surface area contributed by atoms with Crippen molar-refractivity contribution in [2.75, 3.05) is 116 Å². The van der Waals surface area contributed by atoms with Gasteiger partial charge in [0.1, 0.15) is 23.3 Å². The van der Waals surface area contributed by atoms with E-state index in [2.05, 4.69) is 359 Å². The summed E-state index contributed by atoms with van der Waals surface area (Å²) in [5, 5.41) is 17.0. The van der Waals surface area contributed by atoms with E-state index in [4.69, 9.17) is 60.7 Å². The predicted octanol–water partition coefficient (Wildman–Crippen LogP) is 42.5. The molecule has 6 aromatic heterocycles. The monoisotopic (exact) mass is 3210 g/mol. The first kappa shape index (κ1) is 148. The first-order valence-corrected chi connectivity index (χ1v) is 160. The number of hydrogen-bond donors (Lipinski definition) is 2. The van der Waals surface area contributed by atoms with Gasteiger partial charge in [0.15, 0.2) is 11.3 Å². The molecule has 0 amide bonds. The summed E-state index contributed by atoms with van der Waals surface area (Å²) < 4.78 is 72.6. The fraction of sp³-hybridized carbons (Fsp3) is 0.500. The number of morpholine rings is 2.